The van der Waals surface area contributed by atoms with Crippen LogP contribution in [0, 0.1) is 5.92 Å². The van der Waals surface area contributed by atoms with Gasteiger partial charge >= 0.3 is 0 Å². The Hall–Kier alpha value is -2.40. The number of carbonyl (C=O) groups is 1. The fourth-order valence-corrected chi connectivity index (χ4v) is 4.73. The second kappa shape index (κ2) is 9.61. The summed E-state index contributed by atoms with van der Waals surface area (Å²) in [4.78, 5) is 24.5. The Morgan fingerprint density at radius 3 is 2.90 bits per heavy atom. The molecule has 4 aliphatic rings. The van der Waals surface area contributed by atoms with Crippen molar-refractivity contribution in [3.63, 3.8) is 0 Å². The lowest BCUT2D eigenvalue weighted by Gasteiger charge is -2.35. The monoisotopic (exact) mass is 406 g/mol. The second-order valence-corrected chi connectivity index (χ2v) is 8.82. The van der Waals surface area contributed by atoms with Crippen molar-refractivity contribution in [1.29, 1.82) is 0 Å². The standard InChI is InChI=1S/C25H34N4O/c1-20-8-6-7-11-22(20)17-27(2)25(30)23-18-28(16-21-9-4-3-5-10-21)14-12-24(23)29-15-13-26-19-29/h4,6-10,19,22H,3,5,11-18H2,1-2H3. The summed E-state index contributed by atoms with van der Waals surface area (Å²) < 4.78 is 0. The molecule has 2 aliphatic carbocycles. The van der Waals surface area contributed by atoms with Crippen molar-refractivity contribution in [2.45, 2.75) is 32.6 Å². The van der Waals surface area contributed by atoms with Crippen LogP contribution in [0.3, 0.4) is 0 Å². The lowest BCUT2D eigenvalue weighted by Crippen LogP contribution is -2.43. The van der Waals surface area contributed by atoms with Gasteiger partial charge in [0.2, 0.25) is 0 Å². The molecule has 0 bridgehead atoms. The number of nitrogens with zero attached hydrogens (tertiary/aromatic N) is 4. The molecule has 0 radical (unpaired) electrons. The number of aliphatic imine (C=N–C) groups is 1. The van der Waals surface area contributed by atoms with Crippen LogP contribution in [0.2, 0.25) is 0 Å². The maximum atomic E-state index is 13.6. The molecule has 0 aromatic carbocycles. The van der Waals surface area contributed by atoms with E-state index in [4.69, 9.17) is 0 Å². The number of amides is 1. The smallest absolute Gasteiger partial charge is 0.252 e. The van der Waals surface area contributed by atoms with Gasteiger partial charge < -0.3 is 9.80 Å². The lowest BCUT2D eigenvalue weighted by atomic mass is 9.92. The molecule has 160 valence electrons. The minimum atomic E-state index is 0.172. The van der Waals surface area contributed by atoms with Gasteiger partial charge in [0.25, 0.3) is 5.91 Å². The zero-order valence-corrected chi connectivity index (χ0v) is 18.4. The van der Waals surface area contributed by atoms with E-state index in [0.717, 1.165) is 64.0 Å². The second-order valence-electron chi connectivity index (χ2n) is 8.82. The zero-order valence-electron chi connectivity index (χ0n) is 18.4. The quantitative estimate of drug-likeness (QED) is 0.677. The Labute approximate surface area is 180 Å². The van der Waals surface area contributed by atoms with Crippen molar-refractivity contribution in [2.24, 2.45) is 10.9 Å². The molecule has 0 aromatic heterocycles. The van der Waals surface area contributed by atoms with Crippen LogP contribution in [0.1, 0.15) is 32.6 Å². The van der Waals surface area contributed by atoms with Crippen LogP contribution >= 0.6 is 0 Å². The van der Waals surface area contributed by atoms with Gasteiger partial charge in [0.1, 0.15) is 0 Å². The molecule has 0 N–H and O–H groups in total. The van der Waals surface area contributed by atoms with E-state index in [1.54, 1.807) is 0 Å². The van der Waals surface area contributed by atoms with Crippen LogP contribution < -0.4 is 0 Å². The Balaban J connectivity index is 1.50. The Kier molecular flexibility index (Phi) is 6.68. The van der Waals surface area contributed by atoms with E-state index in [-0.39, 0.29) is 5.91 Å². The van der Waals surface area contributed by atoms with Crippen molar-refractivity contribution < 1.29 is 4.79 Å². The van der Waals surface area contributed by atoms with E-state index in [1.165, 1.54) is 16.8 Å². The summed E-state index contributed by atoms with van der Waals surface area (Å²) in [7, 11) is 1.96. The molecule has 5 nitrogen and oxygen atoms in total. The molecule has 4 rings (SSSR count). The SMILES string of the molecule is CC1=CC=CCC1CN(C)C(=O)C1=C(N2C=NCC2)CCN(CC2=CCCC=C2)C1. The number of likely N-dealkylation sites (N-methyl/N-ethyl adjacent to an activating group) is 1. The highest BCUT2D eigenvalue weighted by molar-refractivity contribution is 5.95. The van der Waals surface area contributed by atoms with Crippen LogP contribution in [0.15, 0.2) is 63.9 Å². The highest BCUT2D eigenvalue weighted by Crippen LogP contribution is 2.26. The van der Waals surface area contributed by atoms with Crippen molar-refractivity contribution in [2.75, 3.05) is 46.3 Å². The average molecular weight is 407 g/mol. The van der Waals surface area contributed by atoms with E-state index in [0.29, 0.717) is 12.5 Å². The predicted molar refractivity (Wildman–Crippen MR) is 123 cm³/mol. The summed E-state index contributed by atoms with van der Waals surface area (Å²) in [6.45, 7) is 7.27. The Bertz CT molecular complexity index is 845. The molecule has 1 amide bonds. The molecule has 0 spiro atoms. The zero-order chi connectivity index (χ0) is 20.9. The van der Waals surface area contributed by atoms with Gasteiger partial charge in [0.15, 0.2) is 0 Å². The van der Waals surface area contributed by atoms with E-state index in [1.807, 2.05) is 18.3 Å². The number of rotatable bonds is 6. The van der Waals surface area contributed by atoms with Crippen molar-refractivity contribution >= 4 is 12.2 Å². The molecule has 0 saturated carbocycles. The Morgan fingerprint density at radius 1 is 1.27 bits per heavy atom. The van der Waals surface area contributed by atoms with Crippen LogP contribution in [-0.2, 0) is 4.79 Å². The summed E-state index contributed by atoms with van der Waals surface area (Å²) in [5.74, 6) is 0.587. The molecule has 30 heavy (non-hydrogen) atoms. The van der Waals surface area contributed by atoms with Gasteiger partial charge in [-0.1, -0.05) is 42.0 Å². The van der Waals surface area contributed by atoms with E-state index in [9.17, 15) is 4.79 Å². The van der Waals surface area contributed by atoms with Gasteiger partial charge in [-0.25, -0.2) is 0 Å². The predicted octanol–water partition coefficient (Wildman–Crippen LogP) is 3.55. The van der Waals surface area contributed by atoms with Crippen molar-refractivity contribution in [3.8, 4) is 0 Å². The van der Waals surface area contributed by atoms with E-state index >= 15 is 0 Å². The van der Waals surface area contributed by atoms with Gasteiger partial charge in [-0.3, -0.25) is 14.7 Å². The first kappa shape index (κ1) is 20.9. The minimum absolute atomic E-state index is 0.172. The highest BCUT2D eigenvalue weighted by Gasteiger charge is 2.30. The molecule has 2 heterocycles. The third-order valence-electron chi connectivity index (χ3n) is 6.57. The van der Waals surface area contributed by atoms with Gasteiger partial charge in [-0.2, -0.15) is 0 Å². The van der Waals surface area contributed by atoms with Gasteiger partial charge in [0.05, 0.1) is 18.5 Å². The maximum Gasteiger partial charge on any atom is 0.252 e. The van der Waals surface area contributed by atoms with Crippen molar-refractivity contribution in [3.05, 3.63) is 58.9 Å². The first-order valence-corrected chi connectivity index (χ1v) is 11.3. The molecule has 0 aromatic rings. The molecule has 0 fully saturated rings. The van der Waals surface area contributed by atoms with Crippen LogP contribution in [0.5, 0.6) is 0 Å². The molecule has 5 heteroatoms. The largest absolute Gasteiger partial charge is 0.341 e. The fourth-order valence-electron chi connectivity index (χ4n) is 4.73. The summed E-state index contributed by atoms with van der Waals surface area (Å²) in [5, 5.41) is 0. The molecule has 1 unspecified atom stereocenters. The third-order valence-corrected chi connectivity index (χ3v) is 6.57. The van der Waals surface area contributed by atoms with Crippen LogP contribution in [0.25, 0.3) is 0 Å². The van der Waals surface area contributed by atoms with E-state index < -0.39 is 0 Å². The summed E-state index contributed by atoms with van der Waals surface area (Å²) in [5.41, 5.74) is 4.86. The number of hydrogen-bond acceptors (Lipinski definition) is 4. The fraction of sp³-hybridized carbons (Fsp3) is 0.520. The minimum Gasteiger partial charge on any atom is -0.341 e. The van der Waals surface area contributed by atoms with Crippen LogP contribution in [0.4, 0.5) is 0 Å². The topological polar surface area (TPSA) is 39.2 Å². The average Bonchev–Trinajstić information content (AvgIpc) is 3.30. The molecular weight excluding hydrogens is 372 g/mol. The Morgan fingerprint density at radius 2 is 2.17 bits per heavy atom. The van der Waals surface area contributed by atoms with Crippen LogP contribution in [-0.4, -0.2) is 73.3 Å². The molecule has 0 saturated heterocycles. The lowest BCUT2D eigenvalue weighted by molar-refractivity contribution is -0.126. The maximum absolute atomic E-state index is 13.6. The summed E-state index contributed by atoms with van der Waals surface area (Å²) in [6.07, 6.45) is 19.4. The number of hydrogen-bond donors (Lipinski definition) is 0. The van der Waals surface area contributed by atoms with Crippen molar-refractivity contribution in [1.82, 2.24) is 14.7 Å². The van der Waals surface area contributed by atoms with E-state index in [2.05, 4.69) is 58.2 Å². The normalized spacial score (nSPS) is 24.3. The third kappa shape index (κ3) is 4.84. The number of allylic oxidation sites excluding steroid dienone is 5. The first-order valence-electron chi connectivity index (χ1n) is 11.3. The molecular formula is C25H34N4O. The highest BCUT2D eigenvalue weighted by atomic mass is 16.2. The molecule has 1 atom stereocenters. The summed E-state index contributed by atoms with van der Waals surface area (Å²) in [6, 6.07) is 0. The first-order chi connectivity index (χ1) is 14.6. The van der Waals surface area contributed by atoms with Gasteiger partial charge in [0, 0.05) is 57.8 Å². The number of carbonyl (C=O) groups excluding carboxylic acids is 1. The molecule has 2 aliphatic heterocycles. The van der Waals surface area contributed by atoms with Gasteiger partial charge in [-0.15, -0.1) is 0 Å². The summed E-state index contributed by atoms with van der Waals surface area (Å²) >= 11 is 0. The van der Waals surface area contributed by atoms with Gasteiger partial charge in [-0.05, 0) is 31.8 Å².